The van der Waals surface area contributed by atoms with E-state index in [0.717, 1.165) is 29.4 Å². The first-order valence-electron chi connectivity index (χ1n) is 11.5. The van der Waals surface area contributed by atoms with Gasteiger partial charge in [-0.1, -0.05) is 62.4 Å². The lowest BCUT2D eigenvalue weighted by Gasteiger charge is -2.35. The number of benzene rings is 2. The number of pyridine rings is 1. The summed E-state index contributed by atoms with van der Waals surface area (Å²) in [6.45, 7) is 6.50. The molecule has 2 heterocycles. The molecule has 166 valence electrons. The Morgan fingerprint density at radius 1 is 0.906 bits per heavy atom. The molecule has 1 aliphatic heterocycles. The molecule has 0 bridgehead atoms. The lowest BCUT2D eigenvalue weighted by molar-refractivity contribution is -0.132. The summed E-state index contributed by atoms with van der Waals surface area (Å²) < 4.78 is 0. The van der Waals surface area contributed by atoms with Gasteiger partial charge in [0, 0.05) is 43.7 Å². The van der Waals surface area contributed by atoms with E-state index in [9.17, 15) is 9.59 Å². The van der Waals surface area contributed by atoms with Crippen molar-refractivity contribution in [2.24, 2.45) is 0 Å². The average molecular weight is 430 g/mol. The molecule has 1 aromatic heterocycles. The number of aryl methyl sites for hydroxylation is 1. The average Bonchev–Trinajstić information content (AvgIpc) is 2.83. The van der Waals surface area contributed by atoms with Crippen molar-refractivity contribution in [2.45, 2.75) is 39.0 Å². The highest BCUT2D eigenvalue weighted by Gasteiger charge is 2.26. The first-order chi connectivity index (χ1) is 15.5. The number of nitrogens with zero attached hydrogens (tertiary/aromatic N) is 3. The van der Waals surface area contributed by atoms with Crippen molar-refractivity contribution in [3.8, 4) is 0 Å². The van der Waals surface area contributed by atoms with Crippen molar-refractivity contribution in [1.29, 1.82) is 0 Å². The third kappa shape index (κ3) is 4.98. The predicted octanol–water partition coefficient (Wildman–Crippen LogP) is 4.67. The maximum Gasteiger partial charge on any atom is 0.254 e. The largest absolute Gasteiger partial charge is 0.339 e. The van der Waals surface area contributed by atoms with Crippen LogP contribution in [0.2, 0.25) is 0 Å². The maximum absolute atomic E-state index is 13.4. The van der Waals surface area contributed by atoms with Gasteiger partial charge in [-0.2, -0.15) is 0 Å². The summed E-state index contributed by atoms with van der Waals surface area (Å²) in [4.78, 5) is 34.5. The van der Waals surface area contributed by atoms with Gasteiger partial charge in [-0.05, 0) is 36.5 Å². The minimum Gasteiger partial charge on any atom is -0.339 e. The molecule has 0 radical (unpaired) electrons. The van der Waals surface area contributed by atoms with Crippen LogP contribution in [0.3, 0.4) is 0 Å². The van der Waals surface area contributed by atoms with E-state index < -0.39 is 0 Å². The van der Waals surface area contributed by atoms with E-state index in [0.29, 0.717) is 38.2 Å². The van der Waals surface area contributed by atoms with Gasteiger partial charge >= 0.3 is 0 Å². The van der Waals surface area contributed by atoms with E-state index in [1.807, 2.05) is 58.3 Å². The van der Waals surface area contributed by atoms with Crippen molar-refractivity contribution in [2.75, 3.05) is 26.2 Å². The fourth-order valence-corrected chi connectivity index (χ4v) is 4.24. The molecule has 0 aliphatic carbocycles. The fourth-order valence-electron chi connectivity index (χ4n) is 4.24. The Balaban J connectivity index is 1.37. The molecule has 0 unspecified atom stereocenters. The molecule has 2 amide bonds. The van der Waals surface area contributed by atoms with E-state index in [-0.39, 0.29) is 17.7 Å². The summed E-state index contributed by atoms with van der Waals surface area (Å²) in [6, 6.07) is 20.0. The Labute approximate surface area is 190 Å². The molecule has 0 saturated carbocycles. The lowest BCUT2D eigenvalue weighted by atomic mass is 10.0. The van der Waals surface area contributed by atoms with E-state index in [2.05, 4.69) is 26.0 Å². The minimum absolute atomic E-state index is 0.0293. The van der Waals surface area contributed by atoms with Gasteiger partial charge < -0.3 is 9.80 Å². The molecule has 4 rings (SSSR count). The number of para-hydroxylation sites is 1. The van der Waals surface area contributed by atoms with E-state index in [1.165, 1.54) is 5.56 Å². The van der Waals surface area contributed by atoms with Crippen molar-refractivity contribution < 1.29 is 9.59 Å². The van der Waals surface area contributed by atoms with Crippen LogP contribution in [0.4, 0.5) is 0 Å². The monoisotopic (exact) mass is 429 g/mol. The summed E-state index contributed by atoms with van der Waals surface area (Å²) in [5, 5.41) is 0.890. The van der Waals surface area contributed by atoms with Crippen LogP contribution in [-0.4, -0.2) is 52.8 Å². The standard InChI is InChI=1S/C27H31N3O2/c1-20(2)25-19-23(22-12-6-7-13-24(22)28-25)27(32)30-17-15-29(16-18-30)26(31)14-8-11-21-9-4-3-5-10-21/h3-7,9-10,12-13,19-20H,8,11,14-18H2,1-2H3. The number of hydrogen-bond donors (Lipinski definition) is 0. The highest BCUT2D eigenvalue weighted by Crippen LogP contribution is 2.24. The van der Waals surface area contributed by atoms with Crippen LogP contribution in [0.5, 0.6) is 0 Å². The summed E-state index contributed by atoms with van der Waals surface area (Å²) in [6.07, 6.45) is 2.32. The van der Waals surface area contributed by atoms with Crippen LogP contribution in [-0.2, 0) is 11.2 Å². The lowest BCUT2D eigenvalue weighted by Crippen LogP contribution is -2.50. The number of amides is 2. The van der Waals surface area contributed by atoms with Gasteiger partial charge in [0.2, 0.25) is 5.91 Å². The van der Waals surface area contributed by atoms with Crippen molar-refractivity contribution in [3.05, 3.63) is 77.5 Å². The highest BCUT2D eigenvalue weighted by atomic mass is 16.2. The van der Waals surface area contributed by atoms with Gasteiger partial charge in [0.15, 0.2) is 0 Å². The summed E-state index contributed by atoms with van der Waals surface area (Å²) in [5.41, 5.74) is 3.76. The van der Waals surface area contributed by atoms with Crippen molar-refractivity contribution >= 4 is 22.7 Å². The second-order valence-electron chi connectivity index (χ2n) is 8.78. The number of aromatic nitrogens is 1. The smallest absolute Gasteiger partial charge is 0.254 e. The van der Waals surface area contributed by atoms with Crippen LogP contribution in [0.25, 0.3) is 10.9 Å². The van der Waals surface area contributed by atoms with Gasteiger partial charge in [0.1, 0.15) is 0 Å². The van der Waals surface area contributed by atoms with E-state index >= 15 is 0 Å². The molecule has 0 N–H and O–H groups in total. The van der Waals surface area contributed by atoms with Gasteiger partial charge in [0.05, 0.1) is 11.1 Å². The quantitative estimate of drug-likeness (QED) is 0.572. The number of carbonyl (C=O) groups excluding carboxylic acids is 2. The number of rotatable bonds is 6. The molecular weight excluding hydrogens is 398 g/mol. The number of fused-ring (bicyclic) bond motifs is 1. The topological polar surface area (TPSA) is 53.5 Å². The summed E-state index contributed by atoms with van der Waals surface area (Å²) >= 11 is 0. The Bertz CT molecular complexity index is 1090. The molecule has 5 heteroatoms. The van der Waals surface area contributed by atoms with Gasteiger partial charge in [-0.15, -0.1) is 0 Å². The minimum atomic E-state index is 0.0293. The molecule has 1 aliphatic rings. The maximum atomic E-state index is 13.4. The van der Waals surface area contributed by atoms with Crippen LogP contribution < -0.4 is 0 Å². The van der Waals surface area contributed by atoms with Gasteiger partial charge in [-0.3, -0.25) is 14.6 Å². The summed E-state index contributed by atoms with van der Waals surface area (Å²) in [7, 11) is 0. The molecule has 1 fully saturated rings. The SMILES string of the molecule is CC(C)c1cc(C(=O)N2CCN(C(=O)CCCc3ccccc3)CC2)c2ccccc2n1. The zero-order valence-electron chi connectivity index (χ0n) is 19.0. The first-order valence-corrected chi connectivity index (χ1v) is 11.5. The molecule has 2 aromatic carbocycles. The first kappa shape index (κ1) is 22.0. The molecule has 1 saturated heterocycles. The van der Waals surface area contributed by atoms with Crippen LogP contribution in [0.1, 0.15) is 54.2 Å². The normalized spacial score (nSPS) is 14.2. The number of piperazine rings is 1. The van der Waals surface area contributed by atoms with Gasteiger partial charge in [0.25, 0.3) is 5.91 Å². The third-order valence-electron chi connectivity index (χ3n) is 6.18. The van der Waals surface area contributed by atoms with E-state index in [1.54, 1.807) is 0 Å². The number of carbonyl (C=O) groups is 2. The highest BCUT2D eigenvalue weighted by molar-refractivity contribution is 6.06. The summed E-state index contributed by atoms with van der Waals surface area (Å²) in [5.74, 6) is 0.461. The Kier molecular flexibility index (Phi) is 6.84. The van der Waals surface area contributed by atoms with Crippen molar-refractivity contribution in [1.82, 2.24) is 14.8 Å². The Morgan fingerprint density at radius 2 is 1.56 bits per heavy atom. The Hall–Kier alpha value is -3.21. The predicted molar refractivity (Wildman–Crippen MR) is 128 cm³/mol. The molecule has 32 heavy (non-hydrogen) atoms. The van der Waals surface area contributed by atoms with Crippen LogP contribution in [0.15, 0.2) is 60.7 Å². The molecule has 0 spiro atoms. The van der Waals surface area contributed by atoms with Crippen LogP contribution >= 0.6 is 0 Å². The number of hydrogen-bond acceptors (Lipinski definition) is 3. The Morgan fingerprint density at radius 3 is 2.28 bits per heavy atom. The second kappa shape index (κ2) is 9.94. The zero-order chi connectivity index (χ0) is 22.5. The zero-order valence-corrected chi connectivity index (χ0v) is 19.0. The molecular formula is C27H31N3O2. The fraction of sp³-hybridized carbons (Fsp3) is 0.370. The van der Waals surface area contributed by atoms with Crippen LogP contribution in [0, 0.1) is 0 Å². The van der Waals surface area contributed by atoms with Gasteiger partial charge in [-0.25, -0.2) is 0 Å². The van der Waals surface area contributed by atoms with E-state index in [4.69, 9.17) is 4.98 Å². The molecule has 0 atom stereocenters. The molecule has 5 nitrogen and oxygen atoms in total. The third-order valence-corrected chi connectivity index (χ3v) is 6.18. The van der Waals surface area contributed by atoms with Crippen molar-refractivity contribution in [3.63, 3.8) is 0 Å². The molecule has 3 aromatic rings. The second-order valence-corrected chi connectivity index (χ2v) is 8.78.